The van der Waals surface area contributed by atoms with E-state index in [9.17, 15) is 18.3 Å². The molecule has 1 aromatic carbocycles. The Kier molecular flexibility index (Phi) is 5.78. The second-order valence-electron chi connectivity index (χ2n) is 3.85. The zero-order chi connectivity index (χ0) is 15.2. The highest BCUT2D eigenvalue weighted by molar-refractivity contribution is 7.93. The number of carbonyl (C=O) groups excluding carboxylic acids is 1. The van der Waals surface area contributed by atoms with Gasteiger partial charge in [-0.1, -0.05) is 0 Å². The third-order valence-electron chi connectivity index (χ3n) is 2.34. The number of aliphatic hydroxyl groups excluding tert-OH is 1. The lowest BCUT2D eigenvalue weighted by molar-refractivity contribution is -0.137. The summed E-state index contributed by atoms with van der Waals surface area (Å²) < 4.78 is 35.2. The Balaban J connectivity index is 2.90. The lowest BCUT2D eigenvalue weighted by Gasteiger charge is -2.12. The van der Waals surface area contributed by atoms with Crippen molar-refractivity contribution in [3.8, 4) is 5.75 Å². The van der Waals surface area contributed by atoms with Gasteiger partial charge in [-0.15, -0.1) is 0 Å². The normalized spacial score (nSPS) is 10.9. The van der Waals surface area contributed by atoms with E-state index < -0.39 is 21.7 Å². The molecular formula is C12H17NO6S. The molecule has 0 unspecified atom stereocenters. The Morgan fingerprint density at radius 1 is 1.40 bits per heavy atom. The van der Waals surface area contributed by atoms with Crippen LogP contribution in [0.25, 0.3) is 0 Å². The molecule has 1 aromatic rings. The summed E-state index contributed by atoms with van der Waals surface area (Å²) >= 11 is 0. The number of benzene rings is 1. The smallest absolute Gasteiger partial charge is 0.322 e. The first kappa shape index (κ1) is 16.3. The highest BCUT2D eigenvalue weighted by Crippen LogP contribution is 2.23. The van der Waals surface area contributed by atoms with Crippen LogP contribution >= 0.6 is 0 Å². The van der Waals surface area contributed by atoms with Gasteiger partial charge in [0, 0.05) is 11.3 Å². The fourth-order valence-corrected chi connectivity index (χ4v) is 2.48. The number of hydrogen-bond donors (Lipinski definition) is 2. The van der Waals surface area contributed by atoms with Gasteiger partial charge in [0.25, 0.3) is 0 Å². The second-order valence-corrected chi connectivity index (χ2v) is 5.57. The molecule has 112 valence electrons. The van der Waals surface area contributed by atoms with E-state index in [1.54, 1.807) is 13.0 Å². The van der Waals surface area contributed by atoms with E-state index in [0.29, 0.717) is 17.9 Å². The monoisotopic (exact) mass is 303 g/mol. The summed E-state index contributed by atoms with van der Waals surface area (Å²) in [6, 6.07) is 4.48. The van der Waals surface area contributed by atoms with Gasteiger partial charge in [-0.2, -0.15) is 0 Å². The average Bonchev–Trinajstić information content (AvgIpc) is 2.39. The summed E-state index contributed by atoms with van der Waals surface area (Å²) in [5.74, 6) is -1.15. The highest BCUT2D eigenvalue weighted by Gasteiger charge is 2.17. The number of methoxy groups -OCH3 is 1. The number of hydrogen-bond acceptors (Lipinski definition) is 6. The SMILES string of the molecule is CCOc1ccc(NS(=O)(=O)CC(=O)OC)cc1CO. The molecule has 0 heterocycles. The summed E-state index contributed by atoms with van der Waals surface area (Å²) in [4.78, 5) is 11.0. The van der Waals surface area contributed by atoms with Crippen molar-refractivity contribution >= 4 is 21.7 Å². The van der Waals surface area contributed by atoms with Crippen LogP contribution in [0.1, 0.15) is 12.5 Å². The Morgan fingerprint density at radius 3 is 2.65 bits per heavy atom. The van der Waals surface area contributed by atoms with Gasteiger partial charge in [-0.05, 0) is 25.1 Å². The van der Waals surface area contributed by atoms with E-state index in [-0.39, 0.29) is 12.3 Å². The van der Waals surface area contributed by atoms with Crippen molar-refractivity contribution in [2.75, 3.05) is 24.2 Å². The van der Waals surface area contributed by atoms with Crippen LogP contribution in [0.15, 0.2) is 18.2 Å². The minimum absolute atomic E-state index is 0.237. The fraction of sp³-hybridized carbons (Fsp3) is 0.417. The van der Waals surface area contributed by atoms with E-state index in [4.69, 9.17) is 4.74 Å². The molecule has 0 saturated carbocycles. The molecular weight excluding hydrogens is 286 g/mol. The van der Waals surface area contributed by atoms with Crippen molar-refractivity contribution in [3.05, 3.63) is 23.8 Å². The Morgan fingerprint density at radius 2 is 2.10 bits per heavy atom. The highest BCUT2D eigenvalue weighted by atomic mass is 32.2. The van der Waals surface area contributed by atoms with Gasteiger partial charge >= 0.3 is 5.97 Å². The molecule has 0 radical (unpaired) electrons. The lowest BCUT2D eigenvalue weighted by atomic mass is 10.2. The van der Waals surface area contributed by atoms with E-state index >= 15 is 0 Å². The van der Waals surface area contributed by atoms with Crippen LogP contribution in [0.3, 0.4) is 0 Å². The second kappa shape index (κ2) is 7.11. The molecule has 0 aliphatic rings. The summed E-state index contributed by atoms with van der Waals surface area (Å²) in [7, 11) is -2.73. The van der Waals surface area contributed by atoms with Crippen molar-refractivity contribution in [1.29, 1.82) is 0 Å². The third-order valence-corrected chi connectivity index (χ3v) is 3.50. The van der Waals surface area contributed by atoms with Crippen molar-refractivity contribution in [2.24, 2.45) is 0 Å². The quantitative estimate of drug-likeness (QED) is 0.711. The summed E-state index contributed by atoms with van der Waals surface area (Å²) in [6.07, 6.45) is 0. The minimum Gasteiger partial charge on any atom is -0.494 e. The Hall–Kier alpha value is -1.80. The van der Waals surface area contributed by atoms with Crippen LogP contribution in [0.5, 0.6) is 5.75 Å². The molecule has 0 saturated heterocycles. The first-order chi connectivity index (χ1) is 9.41. The zero-order valence-corrected chi connectivity index (χ0v) is 12.1. The standard InChI is InChI=1S/C12H17NO6S/c1-3-19-11-5-4-10(6-9(11)7-14)13-20(16,17)8-12(15)18-2/h4-6,13-14H,3,7-8H2,1-2H3. The Labute approximate surface area is 117 Å². The maximum Gasteiger partial charge on any atom is 0.322 e. The van der Waals surface area contributed by atoms with Gasteiger partial charge in [0.15, 0.2) is 5.75 Å². The van der Waals surface area contributed by atoms with Crippen LogP contribution in [-0.4, -0.2) is 39.0 Å². The molecule has 0 spiro atoms. The number of aliphatic hydroxyl groups is 1. The molecule has 2 N–H and O–H groups in total. The summed E-state index contributed by atoms with van der Waals surface area (Å²) in [5, 5.41) is 9.22. The molecule has 0 aliphatic heterocycles. The van der Waals surface area contributed by atoms with Crippen molar-refractivity contribution in [2.45, 2.75) is 13.5 Å². The molecule has 0 aromatic heterocycles. The van der Waals surface area contributed by atoms with Gasteiger partial charge < -0.3 is 14.6 Å². The van der Waals surface area contributed by atoms with Gasteiger partial charge in [0.2, 0.25) is 10.0 Å². The number of ether oxygens (including phenoxy) is 2. The summed E-state index contributed by atoms with van der Waals surface area (Å²) in [5.41, 5.74) is 0.687. The minimum atomic E-state index is -3.84. The van der Waals surface area contributed by atoms with Crippen molar-refractivity contribution < 1.29 is 27.8 Å². The predicted octanol–water partition coefficient (Wildman–Crippen LogP) is 0.492. The molecule has 0 aliphatic carbocycles. The van der Waals surface area contributed by atoms with Crippen LogP contribution in [0, 0.1) is 0 Å². The molecule has 0 atom stereocenters. The number of rotatable bonds is 7. The average molecular weight is 303 g/mol. The van der Waals surface area contributed by atoms with E-state index in [1.165, 1.54) is 12.1 Å². The molecule has 0 bridgehead atoms. The van der Waals surface area contributed by atoms with Crippen LogP contribution in [0.2, 0.25) is 0 Å². The van der Waals surface area contributed by atoms with E-state index in [2.05, 4.69) is 9.46 Å². The first-order valence-corrected chi connectivity index (χ1v) is 7.51. The molecule has 0 amide bonds. The third kappa shape index (κ3) is 4.71. The molecule has 1 rings (SSSR count). The number of anilines is 1. The zero-order valence-electron chi connectivity index (χ0n) is 11.3. The van der Waals surface area contributed by atoms with Crippen LogP contribution in [-0.2, 0) is 26.2 Å². The maximum atomic E-state index is 11.7. The number of sulfonamides is 1. The van der Waals surface area contributed by atoms with Gasteiger partial charge in [-0.25, -0.2) is 8.42 Å². The Bertz CT molecular complexity index is 569. The number of carbonyl (C=O) groups is 1. The van der Waals surface area contributed by atoms with E-state index in [0.717, 1.165) is 7.11 Å². The molecule has 0 fully saturated rings. The number of nitrogens with one attached hydrogen (secondary N) is 1. The molecule has 20 heavy (non-hydrogen) atoms. The molecule has 8 heteroatoms. The van der Waals surface area contributed by atoms with Gasteiger partial charge in [0.05, 0.1) is 20.3 Å². The van der Waals surface area contributed by atoms with E-state index in [1.807, 2.05) is 0 Å². The van der Waals surface area contributed by atoms with Crippen molar-refractivity contribution in [3.63, 3.8) is 0 Å². The van der Waals surface area contributed by atoms with Crippen LogP contribution in [0.4, 0.5) is 5.69 Å². The van der Waals surface area contributed by atoms with Crippen molar-refractivity contribution in [1.82, 2.24) is 0 Å². The van der Waals surface area contributed by atoms with Crippen LogP contribution < -0.4 is 9.46 Å². The van der Waals surface area contributed by atoms with Gasteiger partial charge in [-0.3, -0.25) is 9.52 Å². The summed E-state index contributed by atoms with van der Waals surface area (Å²) in [6.45, 7) is 1.94. The molecule has 7 nitrogen and oxygen atoms in total. The first-order valence-electron chi connectivity index (χ1n) is 5.85. The fourth-order valence-electron chi connectivity index (χ4n) is 1.49. The largest absolute Gasteiger partial charge is 0.494 e. The predicted molar refractivity (Wildman–Crippen MR) is 73.0 cm³/mol. The lowest BCUT2D eigenvalue weighted by Crippen LogP contribution is -2.23. The maximum absolute atomic E-state index is 11.7. The topological polar surface area (TPSA) is 102 Å². The van der Waals surface area contributed by atoms with Gasteiger partial charge in [0.1, 0.15) is 5.75 Å². The number of esters is 1.